The monoisotopic (exact) mass is 233 g/mol. The van der Waals surface area contributed by atoms with Crippen molar-refractivity contribution in [1.82, 2.24) is 5.32 Å². The fourth-order valence-electron chi connectivity index (χ4n) is 5.98. The second kappa shape index (κ2) is 3.14. The van der Waals surface area contributed by atoms with Crippen LogP contribution in [0.1, 0.15) is 51.9 Å². The van der Waals surface area contributed by atoms with Crippen LogP contribution in [0.3, 0.4) is 0 Å². The van der Waals surface area contributed by atoms with Crippen LogP contribution < -0.4 is 5.32 Å². The van der Waals surface area contributed by atoms with Gasteiger partial charge in [0.05, 0.1) is 5.54 Å². The lowest BCUT2D eigenvalue weighted by Crippen LogP contribution is -2.63. The Labute approximate surface area is 104 Å². The number of rotatable bonds is 1. The van der Waals surface area contributed by atoms with Crippen LogP contribution >= 0.6 is 0 Å². The molecule has 5 fully saturated rings. The lowest BCUT2D eigenvalue weighted by atomic mass is 9.44. The van der Waals surface area contributed by atoms with Gasteiger partial charge in [0.15, 0.2) is 5.78 Å². The minimum atomic E-state index is -0.178. The molecule has 0 radical (unpaired) electrons. The maximum Gasteiger partial charge on any atom is 0.154 e. The highest BCUT2D eigenvalue weighted by Crippen LogP contribution is 2.64. The Morgan fingerprint density at radius 1 is 1.06 bits per heavy atom. The third-order valence-electron chi connectivity index (χ3n) is 6.49. The van der Waals surface area contributed by atoms with E-state index in [0.717, 1.165) is 30.7 Å². The summed E-state index contributed by atoms with van der Waals surface area (Å²) in [5.41, 5.74) is 0.151. The van der Waals surface area contributed by atoms with Crippen LogP contribution in [0.25, 0.3) is 0 Å². The number of Topliss-reactive ketones (excluding diaryl/α,β-unsaturated/α-hetero) is 1. The van der Waals surface area contributed by atoms with Crippen molar-refractivity contribution < 1.29 is 4.79 Å². The van der Waals surface area contributed by atoms with E-state index in [4.69, 9.17) is 0 Å². The van der Waals surface area contributed by atoms with Gasteiger partial charge in [-0.15, -0.1) is 0 Å². The minimum Gasteiger partial charge on any atom is -0.304 e. The van der Waals surface area contributed by atoms with E-state index in [0.29, 0.717) is 11.2 Å². The van der Waals surface area contributed by atoms with Crippen LogP contribution in [-0.2, 0) is 4.79 Å². The van der Waals surface area contributed by atoms with E-state index in [1.807, 2.05) is 0 Å². The summed E-state index contributed by atoms with van der Waals surface area (Å²) < 4.78 is 0. The zero-order valence-corrected chi connectivity index (χ0v) is 10.8. The van der Waals surface area contributed by atoms with Gasteiger partial charge in [-0.25, -0.2) is 0 Å². The number of hydrogen-bond acceptors (Lipinski definition) is 2. The average molecular weight is 233 g/mol. The van der Waals surface area contributed by atoms with Crippen LogP contribution in [0.2, 0.25) is 0 Å². The molecule has 1 unspecified atom stereocenters. The Kier molecular flexibility index (Phi) is 1.95. The Morgan fingerprint density at radius 2 is 1.59 bits per heavy atom. The Bertz CT molecular complexity index is 340. The van der Waals surface area contributed by atoms with E-state index in [1.165, 1.54) is 38.5 Å². The highest BCUT2D eigenvalue weighted by molar-refractivity contribution is 5.91. The molecule has 5 rings (SSSR count). The van der Waals surface area contributed by atoms with Gasteiger partial charge in [-0.1, -0.05) is 0 Å². The fraction of sp³-hybridized carbons (Fsp3) is 0.933. The first-order valence-corrected chi connectivity index (χ1v) is 7.40. The van der Waals surface area contributed by atoms with Gasteiger partial charge in [0, 0.05) is 13.0 Å². The molecule has 2 nitrogen and oxygen atoms in total. The molecule has 0 spiro atoms. The van der Waals surface area contributed by atoms with E-state index in [-0.39, 0.29) is 5.54 Å². The van der Waals surface area contributed by atoms with Crippen LogP contribution in [0.5, 0.6) is 0 Å². The van der Waals surface area contributed by atoms with Crippen molar-refractivity contribution in [1.29, 1.82) is 0 Å². The average Bonchev–Trinajstić information content (AvgIpc) is 2.59. The van der Waals surface area contributed by atoms with Crippen molar-refractivity contribution in [3.8, 4) is 0 Å². The molecule has 4 saturated carbocycles. The molecule has 1 atom stereocenters. The molecule has 17 heavy (non-hydrogen) atoms. The van der Waals surface area contributed by atoms with Gasteiger partial charge in [0.1, 0.15) is 0 Å². The van der Waals surface area contributed by atoms with Crippen molar-refractivity contribution in [3.63, 3.8) is 0 Å². The quantitative estimate of drug-likeness (QED) is 0.754. The Balaban J connectivity index is 1.75. The maximum atomic E-state index is 12.3. The molecule has 1 saturated heterocycles. The van der Waals surface area contributed by atoms with Crippen LogP contribution in [0.15, 0.2) is 0 Å². The Morgan fingerprint density at radius 3 is 2.00 bits per heavy atom. The van der Waals surface area contributed by atoms with Crippen LogP contribution in [-0.4, -0.2) is 17.9 Å². The third kappa shape index (κ3) is 1.23. The predicted molar refractivity (Wildman–Crippen MR) is 66.6 cm³/mol. The van der Waals surface area contributed by atoms with Crippen molar-refractivity contribution in [2.45, 2.75) is 57.4 Å². The SMILES string of the molecule is CC1(C23CC4CC(CC(C4)C2)C3)NCCC1=O. The smallest absolute Gasteiger partial charge is 0.154 e. The number of nitrogens with one attached hydrogen (secondary N) is 1. The summed E-state index contributed by atoms with van der Waals surface area (Å²) in [5.74, 6) is 3.31. The summed E-state index contributed by atoms with van der Waals surface area (Å²) in [5, 5.41) is 3.59. The van der Waals surface area contributed by atoms with E-state index < -0.39 is 0 Å². The normalized spacial score (nSPS) is 56.8. The topological polar surface area (TPSA) is 29.1 Å². The molecule has 2 heteroatoms. The number of carbonyl (C=O) groups is 1. The fourth-order valence-corrected chi connectivity index (χ4v) is 5.98. The second-order valence-corrected chi connectivity index (χ2v) is 7.42. The summed E-state index contributed by atoms with van der Waals surface area (Å²) in [6.07, 6.45) is 9.13. The molecule has 0 aromatic heterocycles. The molecule has 1 aliphatic heterocycles. The van der Waals surface area contributed by atoms with Gasteiger partial charge < -0.3 is 5.32 Å². The summed E-state index contributed by atoms with van der Waals surface area (Å²) in [4.78, 5) is 12.3. The molecule has 1 N–H and O–H groups in total. The second-order valence-electron chi connectivity index (χ2n) is 7.42. The highest BCUT2D eigenvalue weighted by atomic mass is 16.1. The first-order chi connectivity index (χ1) is 8.11. The van der Waals surface area contributed by atoms with Gasteiger partial charge >= 0.3 is 0 Å². The molecule has 4 bridgehead atoms. The summed E-state index contributed by atoms with van der Waals surface area (Å²) in [7, 11) is 0. The number of carbonyl (C=O) groups excluding carboxylic acids is 1. The predicted octanol–water partition coefficient (Wildman–Crippen LogP) is 2.52. The molecular formula is C15H23NO. The molecule has 1 heterocycles. The first kappa shape index (κ1) is 10.5. The van der Waals surface area contributed by atoms with Crippen molar-refractivity contribution in [2.75, 3.05) is 6.54 Å². The van der Waals surface area contributed by atoms with Crippen molar-refractivity contribution in [3.05, 3.63) is 0 Å². The first-order valence-electron chi connectivity index (χ1n) is 7.40. The molecule has 0 aromatic carbocycles. The lowest BCUT2D eigenvalue weighted by Gasteiger charge is -2.61. The van der Waals surface area contributed by atoms with Crippen molar-refractivity contribution in [2.24, 2.45) is 23.2 Å². The summed E-state index contributed by atoms with van der Waals surface area (Å²) in [6.45, 7) is 3.13. The van der Waals surface area contributed by atoms with Gasteiger partial charge in [-0.05, 0) is 68.6 Å². The zero-order valence-electron chi connectivity index (χ0n) is 10.8. The van der Waals surface area contributed by atoms with E-state index in [2.05, 4.69) is 12.2 Å². The van der Waals surface area contributed by atoms with E-state index >= 15 is 0 Å². The van der Waals surface area contributed by atoms with Gasteiger partial charge in [0.2, 0.25) is 0 Å². The van der Waals surface area contributed by atoms with E-state index in [9.17, 15) is 4.79 Å². The summed E-state index contributed by atoms with van der Waals surface area (Å²) in [6, 6.07) is 0. The number of hydrogen-bond donors (Lipinski definition) is 1. The zero-order chi connectivity index (χ0) is 11.7. The molecule has 5 aliphatic rings. The van der Waals surface area contributed by atoms with Gasteiger partial charge in [-0.3, -0.25) is 4.79 Å². The van der Waals surface area contributed by atoms with Gasteiger partial charge in [0.25, 0.3) is 0 Å². The molecule has 4 aliphatic carbocycles. The van der Waals surface area contributed by atoms with Gasteiger partial charge in [-0.2, -0.15) is 0 Å². The van der Waals surface area contributed by atoms with Crippen LogP contribution in [0.4, 0.5) is 0 Å². The molecule has 0 aromatic rings. The standard InChI is InChI=1S/C15H23NO/c1-14(13(17)2-3-16-14)15-7-10-4-11(8-15)6-12(5-10)9-15/h10-12,16H,2-9H2,1H3. The van der Waals surface area contributed by atoms with E-state index in [1.54, 1.807) is 0 Å². The van der Waals surface area contributed by atoms with Crippen LogP contribution in [0, 0.1) is 23.2 Å². The molecule has 94 valence electrons. The number of ketones is 1. The minimum absolute atomic E-state index is 0.178. The third-order valence-corrected chi connectivity index (χ3v) is 6.49. The van der Waals surface area contributed by atoms with Crippen molar-refractivity contribution >= 4 is 5.78 Å². The Hall–Kier alpha value is -0.370. The maximum absolute atomic E-state index is 12.3. The highest BCUT2D eigenvalue weighted by Gasteiger charge is 2.61. The largest absolute Gasteiger partial charge is 0.304 e. The molecular weight excluding hydrogens is 210 g/mol. The molecule has 0 amide bonds. The lowest BCUT2D eigenvalue weighted by molar-refractivity contribution is -0.140. The summed E-state index contributed by atoms with van der Waals surface area (Å²) >= 11 is 0.